The molecule has 0 saturated heterocycles. The number of fused-ring (bicyclic) bond motifs is 1. The lowest BCUT2D eigenvalue weighted by molar-refractivity contribution is 0.101. The van der Waals surface area contributed by atoms with Gasteiger partial charge in [-0.15, -0.1) is 0 Å². The van der Waals surface area contributed by atoms with Gasteiger partial charge < -0.3 is 19.2 Å². The molecule has 1 aromatic carbocycles. The van der Waals surface area contributed by atoms with E-state index in [2.05, 4.69) is 0 Å². The van der Waals surface area contributed by atoms with E-state index in [9.17, 15) is 9.90 Å². The average Bonchev–Trinajstić information content (AvgIpc) is 3.03. The normalized spacial score (nSPS) is 15.6. The minimum absolute atomic E-state index is 0.120. The van der Waals surface area contributed by atoms with Gasteiger partial charge in [-0.3, -0.25) is 4.79 Å². The molecule has 0 radical (unpaired) electrons. The van der Waals surface area contributed by atoms with E-state index in [0.717, 1.165) is 0 Å². The summed E-state index contributed by atoms with van der Waals surface area (Å²) in [7, 11) is 3.77. The number of hydrogen-bond donors (Lipinski definition) is 1. The highest BCUT2D eigenvalue weighted by molar-refractivity contribution is 6.14. The van der Waals surface area contributed by atoms with Crippen molar-refractivity contribution in [3.05, 3.63) is 53.2 Å². The Balaban J connectivity index is 2.03. The molecule has 5 nitrogen and oxygen atoms in total. The van der Waals surface area contributed by atoms with E-state index in [-0.39, 0.29) is 17.3 Å². The number of furan rings is 1. The van der Waals surface area contributed by atoms with Gasteiger partial charge in [0, 0.05) is 12.6 Å². The topological polar surface area (TPSA) is 62.9 Å². The van der Waals surface area contributed by atoms with Gasteiger partial charge in [0.15, 0.2) is 5.76 Å². The number of carbonyl (C=O) groups excluding carboxylic acids is 1. The Morgan fingerprint density at radius 2 is 2.10 bits per heavy atom. The molecule has 1 aromatic heterocycles. The summed E-state index contributed by atoms with van der Waals surface area (Å²) in [6, 6.07) is 6.58. The highest BCUT2D eigenvalue weighted by Gasteiger charge is 2.31. The highest BCUT2D eigenvalue weighted by Crippen LogP contribution is 2.39. The van der Waals surface area contributed by atoms with Crippen LogP contribution < -0.4 is 4.74 Å². The molecule has 1 N–H and O–H groups in total. The number of ether oxygens (including phenoxy) is 1. The molecule has 0 fully saturated rings. The maximum absolute atomic E-state index is 12.3. The fraction of sp³-hybridized carbons (Fsp3) is 0.188. The number of aromatic hydroxyl groups is 1. The second-order valence-electron chi connectivity index (χ2n) is 5.13. The third kappa shape index (κ3) is 2.43. The van der Waals surface area contributed by atoms with Crippen LogP contribution in [0.15, 0.2) is 40.7 Å². The van der Waals surface area contributed by atoms with Crippen LogP contribution in [0.5, 0.6) is 11.5 Å². The van der Waals surface area contributed by atoms with Crippen LogP contribution >= 0.6 is 0 Å². The van der Waals surface area contributed by atoms with Crippen LogP contribution in [0.4, 0.5) is 0 Å². The van der Waals surface area contributed by atoms with Crippen LogP contribution in [0.25, 0.3) is 6.08 Å². The van der Waals surface area contributed by atoms with Crippen molar-refractivity contribution in [1.82, 2.24) is 4.90 Å². The van der Waals surface area contributed by atoms with Gasteiger partial charge in [-0.05, 0) is 38.4 Å². The smallest absolute Gasteiger partial charge is 0.232 e. The van der Waals surface area contributed by atoms with E-state index >= 15 is 0 Å². The van der Waals surface area contributed by atoms with Gasteiger partial charge in [-0.2, -0.15) is 0 Å². The molecule has 0 spiro atoms. The zero-order valence-corrected chi connectivity index (χ0v) is 11.8. The van der Waals surface area contributed by atoms with Gasteiger partial charge in [-0.25, -0.2) is 0 Å². The summed E-state index contributed by atoms with van der Waals surface area (Å²) in [5.74, 6) is 1.08. The molecule has 0 unspecified atom stereocenters. The Hall–Kier alpha value is -2.53. The second-order valence-corrected chi connectivity index (χ2v) is 5.13. The summed E-state index contributed by atoms with van der Waals surface area (Å²) >= 11 is 0. The summed E-state index contributed by atoms with van der Waals surface area (Å²) in [6.07, 6.45) is 3.08. The lowest BCUT2D eigenvalue weighted by Gasteiger charge is -2.13. The van der Waals surface area contributed by atoms with Gasteiger partial charge in [-0.1, -0.05) is 0 Å². The van der Waals surface area contributed by atoms with E-state index in [4.69, 9.17) is 9.15 Å². The summed E-state index contributed by atoms with van der Waals surface area (Å²) in [4.78, 5) is 14.2. The third-order valence-electron chi connectivity index (χ3n) is 3.21. The lowest BCUT2D eigenvalue weighted by atomic mass is 10.0. The minimum atomic E-state index is -0.207. The quantitative estimate of drug-likeness (QED) is 0.878. The number of Topliss-reactive ketones (excluding diaryl/α,β-unsaturated/α-hetero) is 1. The molecular formula is C16H15NO4. The first kappa shape index (κ1) is 13.5. The van der Waals surface area contributed by atoms with Crippen molar-refractivity contribution in [3.63, 3.8) is 0 Å². The summed E-state index contributed by atoms with van der Waals surface area (Å²) in [6.45, 7) is 0.482. The number of allylic oxidation sites excluding steroid dienone is 1. The van der Waals surface area contributed by atoms with Gasteiger partial charge in [0.1, 0.15) is 17.3 Å². The van der Waals surface area contributed by atoms with Crippen molar-refractivity contribution in [2.45, 2.75) is 6.54 Å². The van der Waals surface area contributed by atoms with E-state index in [1.165, 1.54) is 12.3 Å². The molecule has 0 amide bonds. The molecule has 0 saturated carbocycles. The predicted molar refractivity (Wildman–Crippen MR) is 77.1 cm³/mol. The van der Waals surface area contributed by atoms with Crippen molar-refractivity contribution in [2.75, 3.05) is 14.1 Å². The number of carbonyl (C=O) groups is 1. The number of nitrogens with zero attached hydrogens (tertiary/aromatic N) is 1. The second kappa shape index (κ2) is 5.10. The SMILES string of the molecule is CN(C)Cc1c(O)ccc2c1O/C(=C/c1ccco1)C2=O. The standard InChI is InChI=1S/C16H15NO4/c1-17(2)9-12-13(18)6-5-11-15(19)14(21-16(11)12)8-10-4-3-7-20-10/h3-8,18H,9H2,1-2H3/b14-8+. The van der Waals surface area contributed by atoms with Crippen LogP contribution in [0.1, 0.15) is 21.7 Å². The first-order valence-corrected chi connectivity index (χ1v) is 6.53. The summed E-state index contributed by atoms with van der Waals surface area (Å²) in [5.41, 5.74) is 1.07. The third-order valence-corrected chi connectivity index (χ3v) is 3.21. The van der Waals surface area contributed by atoms with Crippen LogP contribution in [-0.2, 0) is 6.54 Å². The molecule has 2 heterocycles. The summed E-state index contributed by atoms with van der Waals surface area (Å²) in [5, 5.41) is 10.00. The Morgan fingerprint density at radius 3 is 2.76 bits per heavy atom. The van der Waals surface area contributed by atoms with E-state index in [1.54, 1.807) is 24.3 Å². The van der Waals surface area contributed by atoms with Gasteiger partial charge in [0.05, 0.1) is 17.4 Å². The maximum atomic E-state index is 12.3. The molecule has 0 atom stereocenters. The largest absolute Gasteiger partial charge is 0.507 e. The molecule has 0 bridgehead atoms. The molecule has 3 rings (SSSR count). The Labute approximate surface area is 122 Å². The Morgan fingerprint density at radius 1 is 1.29 bits per heavy atom. The number of rotatable bonds is 3. The first-order valence-electron chi connectivity index (χ1n) is 6.53. The van der Waals surface area contributed by atoms with E-state index < -0.39 is 0 Å². The molecule has 1 aliphatic heterocycles. The van der Waals surface area contributed by atoms with E-state index in [0.29, 0.717) is 29.2 Å². The van der Waals surface area contributed by atoms with Gasteiger partial charge in [0.2, 0.25) is 5.78 Å². The molecule has 2 aromatic rings. The number of ketones is 1. The molecule has 108 valence electrons. The molecule has 5 heteroatoms. The van der Waals surface area contributed by atoms with Crippen molar-refractivity contribution < 1.29 is 19.1 Å². The van der Waals surface area contributed by atoms with Crippen molar-refractivity contribution in [2.24, 2.45) is 0 Å². The van der Waals surface area contributed by atoms with Crippen LogP contribution in [0.2, 0.25) is 0 Å². The zero-order valence-electron chi connectivity index (χ0n) is 11.8. The number of hydrogen-bond acceptors (Lipinski definition) is 5. The van der Waals surface area contributed by atoms with Crippen LogP contribution in [0, 0.1) is 0 Å². The lowest BCUT2D eigenvalue weighted by Crippen LogP contribution is -2.11. The number of phenols is 1. The minimum Gasteiger partial charge on any atom is -0.507 e. The van der Waals surface area contributed by atoms with Crippen LogP contribution in [0.3, 0.4) is 0 Å². The molecule has 21 heavy (non-hydrogen) atoms. The first-order chi connectivity index (χ1) is 10.1. The van der Waals surface area contributed by atoms with Gasteiger partial charge >= 0.3 is 0 Å². The fourth-order valence-corrected chi connectivity index (χ4v) is 2.27. The average molecular weight is 285 g/mol. The maximum Gasteiger partial charge on any atom is 0.232 e. The monoisotopic (exact) mass is 285 g/mol. The molecule has 1 aliphatic rings. The fourth-order valence-electron chi connectivity index (χ4n) is 2.27. The summed E-state index contributed by atoms with van der Waals surface area (Å²) < 4.78 is 10.9. The number of benzene rings is 1. The van der Waals surface area contributed by atoms with Crippen molar-refractivity contribution in [3.8, 4) is 11.5 Å². The van der Waals surface area contributed by atoms with Crippen molar-refractivity contribution >= 4 is 11.9 Å². The predicted octanol–water partition coefficient (Wildman–Crippen LogP) is 2.66. The highest BCUT2D eigenvalue weighted by atomic mass is 16.5. The van der Waals surface area contributed by atoms with Crippen LogP contribution in [-0.4, -0.2) is 29.9 Å². The van der Waals surface area contributed by atoms with Crippen molar-refractivity contribution in [1.29, 1.82) is 0 Å². The molecule has 0 aliphatic carbocycles. The zero-order chi connectivity index (χ0) is 15.0. The Kier molecular flexibility index (Phi) is 3.27. The Bertz CT molecular complexity index is 714. The number of phenolic OH excluding ortho intramolecular Hbond substituents is 1. The van der Waals surface area contributed by atoms with E-state index in [1.807, 2.05) is 19.0 Å². The van der Waals surface area contributed by atoms with Gasteiger partial charge in [0.25, 0.3) is 0 Å². The molecular weight excluding hydrogens is 270 g/mol.